The number of ether oxygens (including phenoxy) is 1. The zero-order valence-corrected chi connectivity index (χ0v) is 16.7. The Labute approximate surface area is 164 Å². The average molecular weight is 409 g/mol. The Balaban J connectivity index is 1.89. The molecule has 0 bridgehead atoms. The van der Waals surface area contributed by atoms with Gasteiger partial charge in [0.2, 0.25) is 15.9 Å². The van der Waals surface area contributed by atoms with Crippen LogP contribution < -0.4 is 14.4 Å². The molecule has 27 heavy (non-hydrogen) atoms. The zero-order valence-electron chi connectivity index (χ0n) is 15.1. The minimum absolute atomic E-state index is 0.244. The van der Waals surface area contributed by atoms with E-state index in [2.05, 4.69) is 5.32 Å². The summed E-state index contributed by atoms with van der Waals surface area (Å²) < 4.78 is 31.3. The molecule has 0 radical (unpaired) electrons. The highest BCUT2D eigenvalue weighted by molar-refractivity contribution is 7.95. The number of nitrogens with one attached hydrogen (secondary N) is 1. The number of carbonyl (C=O) groups is 1. The van der Waals surface area contributed by atoms with E-state index in [4.69, 9.17) is 16.3 Å². The Kier molecular flexibility index (Phi) is 5.35. The molecule has 1 aliphatic rings. The number of hydrogen-bond acceptors (Lipinski definition) is 4. The lowest BCUT2D eigenvalue weighted by Gasteiger charge is -2.39. The van der Waals surface area contributed by atoms with Crippen LogP contribution in [-0.4, -0.2) is 32.7 Å². The Morgan fingerprint density at radius 2 is 1.93 bits per heavy atom. The zero-order chi connectivity index (χ0) is 19.7. The minimum atomic E-state index is -3.90. The lowest BCUT2D eigenvalue weighted by Crippen LogP contribution is -2.57. The summed E-state index contributed by atoms with van der Waals surface area (Å²) in [6.45, 7) is 1.82. The predicted octanol–water partition coefficient (Wildman–Crippen LogP) is 3.68. The molecule has 1 amide bonds. The fraction of sp³-hybridized carbons (Fsp3) is 0.316. The van der Waals surface area contributed by atoms with Crippen molar-refractivity contribution in [1.29, 1.82) is 0 Å². The Morgan fingerprint density at radius 3 is 2.56 bits per heavy atom. The molecule has 0 aromatic heterocycles. The first-order valence-electron chi connectivity index (χ1n) is 8.52. The second-order valence-corrected chi connectivity index (χ2v) is 9.25. The van der Waals surface area contributed by atoms with Crippen molar-refractivity contribution in [2.45, 2.75) is 24.5 Å². The van der Waals surface area contributed by atoms with E-state index >= 15 is 0 Å². The van der Waals surface area contributed by atoms with Gasteiger partial charge in [0.25, 0.3) is 0 Å². The molecular formula is C19H21ClN2O4S. The Hall–Kier alpha value is -2.25. The molecule has 1 N–H and O–H groups in total. The SMILES string of the molecule is COc1ccc(NC(=O)C2(C)CCCN(c3ccccc3)S2(=O)=O)cc1Cl. The molecule has 1 fully saturated rings. The molecule has 8 heteroatoms. The van der Waals surface area contributed by atoms with Gasteiger partial charge in [-0.25, -0.2) is 8.42 Å². The first-order valence-corrected chi connectivity index (χ1v) is 10.3. The van der Waals surface area contributed by atoms with E-state index in [0.29, 0.717) is 35.1 Å². The van der Waals surface area contributed by atoms with Crippen molar-refractivity contribution in [2.75, 3.05) is 23.3 Å². The van der Waals surface area contributed by atoms with Crippen LogP contribution in [0.15, 0.2) is 48.5 Å². The van der Waals surface area contributed by atoms with Crippen molar-refractivity contribution in [2.24, 2.45) is 0 Å². The maximum absolute atomic E-state index is 13.3. The molecule has 0 aliphatic carbocycles. The second kappa shape index (κ2) is 7.40. The molecule has 2 aromatic carbocycles. The number of nitrogens with zero attached hydrogens (tertiary/aromatic N) is 1. The standard InChI is InChI=1S/C19H21ClN2O4S/c1-19(18(23)21-14-9-10-17(26-2)16(20)13-14)11-6-12-22(27(19,24)25)15-7-4-3-5-8-15/h3-5,7-10,13H,6,11-12H2,1-2H3,(H,21,23). The summed E-state index contributed by atoms with van der Waals surface area (Å²) >= 11 is 6.09. The van der Waals surface area contributed by atoms with E-state index in [-0.39, 0.29) is 6.42 Å². The minimum Gasteiger partial charge on any atom is -0.495 e. The van der Waals surface area contributed by atoms with Gasteiger partial charge in [0, 0.05) is 12.2 Å². The molecule has 144 valence electrons. The average Bonchev–Trinajstić information content (AvgIpc) is 2.64. The quantitative estimate of drug-likeness (QED) is 0.837. The van der Waals surface area contributed by atoms with Gasteiger partial charge in [-0.2, -0.15) is 0 Å². The fourth-order valence-electron chi connectivity index (χ4n) is 3.15. The third-order valence-electron chi connectivity index (χ3n) is 4.81. The first-order chi connectivity index (χ1) is 12.8. The summed E-state index contributed by atoms with van der Waals surface area (Å²) in [5.41, 5.74) is 0.975. The van der Waals surface area contributed by atoms with Gasteiger partial charge in [0.1, 0.15) is 5.75 Å². The molecule has 1 aliphatic heterocycles. The Bertz CT molecular complexity index is 949. The number of hydrogen-bond donors (Lipinski definition) is 1. The highest BCUT2D eigenvalue weighted by Crippen LogP contribution is 2.36. The molecule has 0 spiro atoms. The van der Waals surface area contributed by atoms with Gasteiger partial charge in [-0.1, -0.05) is 29.8 Å². The molecule has 1 saturated heterocycles. The number of benzene rings is 2. The molecular weight excluding hydrogens is 388 g/mol. The maximum Gasteiger partial charge on any atom is 0.249 e. The van der Waals surface area contributed by atoms with Crippen LogP contribution in [0, 0.1) is 0 Å². The van der Waals surface area contributed by atoms with E-state index in [9.17, 15) is 13.2 Å². The number of halogens is 1. The summed E-state index contributed by atoms with van der Waals surface area (Å²) in [7, 11) is -2.40. The number of carbonyl (C=O) groups excluding carboxylic acids is 1. The number of amides is 1. The smallest absolute Gasteiger partial charge is 0.249 e. The van der Waals surface area contributed by atoms with Crippen molar-refractivity contribution in [3.05, 3.63) is 53.6 Å². The monoisotopic (exact) mass is 408 g/mol. The fourth-order valence-corrected chi connectivity index (χ4v) is 5.35. The molecule has 1 unspecified atom stereocenters. The highest BCUT2D eigenvalue weighted by Gasteiger charge is 2.51. The van der Waals surface area contributed by atoms with Gasteiger partial charge in [-0.05, 0) is 50.1 Å². The van der Waals surface area contributed by atoms with E-state index in [0.717, 1.165) is 0 Å². The highest BCUT2D eigenvalue weighted by atomic mass is 35.5. The molecule has 6 nitrogen and oxygen atoms in total. The van der Waals surface area contributed by atoms with Crippen LogP contribution in [0.5, 0.6) is 5.75 Å². The van der Waals surface area contributed by atoms with Gasteiger partial charge < -0.3 is 10.1 Å². The maximum atomic E-state index is 13.3. The van der Waals surface area contributed by atoms with Crippen LogP contribution in [0.2, 0.25) is 5.02 Å². The van der Waals surface area contributed by atoms with Gasteiger partial charge in [0.15, 0.2) is 4.75 Å². The van der Waals surface area contributed by atoms with Crippen LogP contribution in [0.3, 0.4) is 0 Å². The lowest BCUT2D eigenvalue weighted by molar-refractivity contribution is -0.118. The number of para-hydroxylation sites is 1. The van der Waals surface area contributed by atoms with E-state index in [1.165, 1.54) is 24.4 Å². The van der Waals surface area contributed by atoms with Gasteiger partial charge in [-0.15, -0.1) is 0 Å². The summed E-state index contributed by atoms with van der Waals surface area (Å²) in [5.74, 6) is -0.106. The van der Waals surface area contributed by atoms with Crippen LogP contribution in [0.1, 0.15) is 19.8 Å². The summed E-state index contributed by atoms with van der Waals surface area (Å²) in [6, 6.07) is 13.6. The predicted molar refractivity (Wildman–Crippen MR) is 107 cm³/mol. The van der Waals surface area contributed by atoms with Gasteiger partial charge >= 0.3 is 0 Å². The third-order valence-corrected chi connectivity index (χ3v) is 7.61. The second-order valence-electron chi connectivity index (χ2n) is 6.55. The van der Waals surface area contributed by atoms with Crippen LogP contribution >= 0.6 is 11.6 Å². The van der Waals surface area contributed by atoms with Crippen molar-refractivity contribution in [3.8, 4) is 5.75 Å². The normalized spacial score (nSPS) is 21.5. The molecule has 3 rings (SSSR count). The summed E-state index contributed by atoms with van der Waals surface area (Å²) in [4.78, 5) is 13.0. The van der Waals surface area contributed by atoms with E-state index in [1.807, 2.05) is 6.07 Å². The summed E-state index contributed by atoms with van der Waals surface area (Å²) in [6.07, 6.45) is 0.829. The largest absolute Gasteiger partial charge is 0.495 e. The number of methoxy groups -OCH3 is 1. The van der Waals surface area contributed by atoms with Crippen molar-refractivity contribution in [1.82, 2.24) is 0 Å². The van der Waals surface area contributed by atoms with Gasteiger partial charge in [-0.3, -0.25) is 9.10 Å². The van der Waals surface area contributed by atoms with E-state index in [1.54, 1.807) is 36.4 Å². The lowest BCUT2D eigenvalue weighted by atomic mass is 10.0. The third kappa shape index (κ3) is 3.49. The number of sulfonamides is 1. The molecule has 2 aromatic rings. The van der Waals surface area contributed by atoms with Crippen LogP contribution in [-0.2, 0) is 14.8 Å². The first kappa shape index (κ1) is 19.5. The van der Waals surface area contributed by atoms with Crippen molar-refractivity contribution < 1.29 is 17.9 Å². The molecule has 0 saturated carbocycles. The molecule has 1 atom stereocenters. The van der Waals surface area contributed by atoms with Crippen molar-refractivity contribution >= 4 is 38.9 Å². The topological polar surface area (TPSA) is 75.7 Å². The van der Waals surface area contributed by atoms with Crippen LogP contribution in [0.25, 0.3) is 0 Å². The summed E-state index contributed by atoms with van der Waals surface area (Å²) in [5, 5.41) is 3.02. The van der Waals surface area contributed by atoms with Crippen LogP contribution in [0.4, 0.5) is 11.4 Å². The molecule has 1 heterocycles. The van der Waals surface area contributed by atoms with Crippen molar-refractivity contribution in [3.63, 3.8) is 0 Å². The number of anilines is 2. The number of rotatable bonds is 4. The van der Waals surface area contributed by atoms with Gasteiger partial charge in [0.05, 0.1) is 17.8 Å². The Morgan fingerprint density at radius 1 is 1.22 bits per heavy atom. The van der Waals surface area contributed by atoms with E-state index < -0.39 is 20.7 Å².